The van der Waals surface area contributed by atoms with Gasteiger partial charge >= 0.3 is 0 Å². The highest BCUT2D eigenvalue weighted by Gasteiger charge is 2.17. The van der Waals surface area contributed by atoms with E-state index < -0.39 is 0 Å². The number of thiophene rings is 1. The van der Waals surface area contributed by atoms with Crippen LogP contribution in [0.3, 0.4) is 0 Å². The minimum atomic E-state index is -0.219. The maximum Gasteiger partial charge on any atom is 0.267 e. The summed E-state index contributed by atoms with van der Waals surface area (Å²) in [6.07, 6.45) is 0. The first-order valence-electron chi connectivity index (χ1n) is 6.72. The van der Waals surface area contributed by atoms with Crippen LogP contribution >= 0.6 is 34.5 Å². The number of aryl methyl sites for hydroxylation is 2. The van der Waals surface area contributed by atoms with Gasteiger partial charge < -0.3 is 5.32 Å². The molecule has 22 heavy (non-hydrogen) atoms. The van der Waals surface area contributed by atoms with Gasteiger partial charge in [-0.05, 0) is 43.2 Å². The molecular formula is C17H13Cl2NOS. The van der Waals surface area contributed by atoms with Gasteiger partial charge in [0.15, 0.2) is 0 Å². The monoisotopic (exact) mass is 349 g/mol. The fourth-order valence-corrected chi connectivity index (χ4v) is 3.87. The van der Waals surface area contributed by atoms with Crippen LogP contribution in [-0.2, 0) is 0 Å². The molecule has 0 atom stereocenters. The normalized spacial score (nSPS) is 10.9. The molecular weight excluding hydrogens is 337 g/mol. The smallest absolute Gasteiger partial charge is 0.267 e. The van der Waals surface area contributed by atoms with Crippen LogP contribution in [0.5, 0.6) is 0 Å². The summed E-state index contributed by atoms with van der Waals surface area (Å²) < 4.78 is 1.01. The molecule has 1 amide bonds. The fraction of sp³-hybridized carbons (Fsp3) is 0.118. The second-order valence-electron chi connectivity index (χ2n) is 5.16. The lowest BCUT2D eigenvalue weighted by Gasteiger charge is -2.06. The first kappa shape index (κ1) is 15.3. The standard InChI is InChI=1S/C17H13Cl2NOS/c1-9-3-6-12-14(7-9)22-16(15(12)19)17(21)20-11-5-4-10(2)13(18)8-11/h3-8H,1-2H3,(H,20,21). The number of fused-ring (bicyclic) bond motifs is 1. The van der Waals surface area contributed by atoms with E-state index in [0.717, 1.165) is 21.2 Å². The molecule has 0 radical (unpaired) electrons. The van der Waals surface area contributed by atoms with Crippen molar-refractivity contribution in [3.63, 3.8) is 0 Å². The van der Waals surface area contributed by atoms with Gasteiger partial charge in [-0.2, -0.15) is 0 Å². The minimum absolute atomic E-state index is 0.219. The number of benzene rings is 2. The Balaban J connectivity index is 1.94. The van der Waals surface area contributed by atoms with Crippen molar-refractivity contribution >= 4 is 56.2 Å². The molecule has 3 rings (SSSR count). The van der Waals surface area contributed by atoms with Gasteiger partial charge in [0.25, 0.3) is 5.91 Å². The second kappa shape index (κ2) is 5.92. The molecule has 0 unspecified atom stereocenters. The molecule has 0 saturated heterocycles. The Morgan fingerprint density at radius 3 is 2.59 bits per heavy atom. The molecule has 1 aromatic heterocycles. The zero-order valence-corrected chi connectivity index (χ0v) is 14.4. The molecule has 112 valence electrons. The van der Waals surface area contributed by atoms with E-state index in [-0.39, 0.29) is 5.91 Å². The van der Waals surface area contributed by atoms with Crippen LogP contribution in [0.25, 0.3) is 10.1 Å². The zero-order chi connectivity index (χ0) is 15.9. The van der Waals surface area contributed by atoms with E-state index in [4.69, 9.17) is 23.2 Å². The maximum absolute atomic E-state index is 12.5. The second-order valence-corrected chi connectivity index (χ2v) is 7.00. The molecule has 0 aliphatic carbocycles. The van der Waals surface area contributed by atoms with E-state index in [1.807, 2.05) is 44.2 Å². The molecule has 0 aliphatic rings. The van der Waals surface area contributed by atoms with Crippen molar-refractivity contribution in [1.82, 2.24) is 0 Å². The van der Waals surface area contributed by atoms with Crippen LogP contribution in [0.4, 0.5) is 5.69 Å². The molecule has 0 bridgehead atoms. The summed E-state index contributed by atoms with van der Waals surface area (Å²) in [6, 6.07) is 11.4. The van der Waals surface area contributed by atoms with Crippen molar-refractivity contribution in [1.29, 1.82) is 0 Å². The molecule has 0 spiro atoms. The number of anilines is 1. The van der Waals surface area contributed by atoms with E-state index in [1.54, 1.807) is 6.07 Å². The molecule has 3 aromatic rings. The Morgan fingerprint density at radius 1 is 1.09 bits per heavy atom. The number of hydrogen-bond acceptors (Lipinski definition) is 2. The third-order valence-corrected chi connectivity index (χ3v) is 5.48. The quantitative estimate of drug-likeness (QED) is 0.596. The van der Waals surface area contributed by atoms with E-state index in [1.165, 1.54) is 11.3 Å². The van der Waals surface area contributed by atoms with E-state index in [2.05, 4.69) is 5.32 Å². The average molecular weight is 350 g/mol. The van der Waals surface area contributed by atoms with Crippen LogP contribution in [0.2, 0.25) is 10.0 Å². The Morgan fingerprint density at radius 2 is 1.86 bits per heavy atom. The zero-order valence-electron chi connectivity index (χ0n) is 12.0. The molecule has 1 N–H and O–H groups in total. The lowest BCUT2D eigenvalue weighted by molar-refractivity contribution is 0.103. The van der Waals surface area contributed by atoms with Gasteiger partial charge in [0.1, 0.15) is 4.88 Å². The van der Waals surface area contributed by atoms with Gasteiger partial charge in [-0.3, -0.25) is 4.79 Å². The first-order chi connectivity index (χ1) is 10.5. The first-order valence-corrected chi connectivity index (χ1v) is 8.29. The molecule has 2 nitrogen and oxygen atoms in total. The van der Waals surface area contributed by atoms with Crippen molar-refractivity contribution in [3.05, 3.63) is 62.4 Å². The Hall–Kier alpha value is -1.55. The summed E-state index contributed by atoms with van der Waals surface area (Å²) >= 11 is 13.8. The molecule has 1 heterocycles. The Labute approximate surface area is 142 Å². The van der Waals surface area contributed by atoms with Gasteiger partial charge in [0, 0.05) is 20.8 Å². The topological polar surface area (TPSA) is 29.1 Å². The third kappa shape index (κ3) is 2.84. The highest BCUT2D eigenvalue weighted by molar-refractivity contribution is 7.21. The predicted molar refractivity (Wildman–Crippen MR) is 95.7 cm³/mol. The van der Waals surface area contributed by atoms with E-state index >= 15 is 0 Å². The summed E-state index contributed by atoms with van der Waals surface area (Å²) in [5.74, 6) is -0.219. The minimum Gasteiger partial charge on any atom is -0.321 e. The van der Waals surface area contributed by atoms with Crippen molar-refractivity contribution < 1.29 is 4.79 Å². The summed E-state index contributed by atoms with van der Waals surface area (Å²) in [5.41, 5.74) is 2.77. The van der Waals surface area contributed by atoms with Gasteiger partial charge in [0.05, 0.1) is 5.02 Å². The van der Waals surface area contributed by atoms with Crippen LogP contribution < -0.4 is 5.32 Å². The lowest BCUT2D eigenvalue weighted by atomic mass is 10.2. The highest BCUT2D eigenvalue weighted by Crippen LogP contribution is 2.36. The Bertz CT molecular complexity index is 886. The number of halogens is 2. The van der Waals surface area contributed by atoms with Gasteiger partial charge in [-0.25, -0.2) is 0 Å². The molecule has 0 aliphatic heterocycles. The van der Waals surface area contributed by atoms with Crippen molar-refractivity contribution in [3.8, 4) is 0 Å². The predicted octanol–water partition coefficient (Wildman–Crippen LogP) is 6.08. The van der Waals surface area contributed by atoms with Crippen molar-refractivity contribution in [2.24, 2.45) is 0 Å². The van der Waals surface area contributed by atoms with Crippen LogP contribution in [0.15, 0.2) is 36.4 Å². The van der Waals surface area contributed by atoms with Crippen LogP contribution in [-0.4, -0.2) is 5.91 Å². The van der Waals surface area contributed by atoms with Crippen molar-refractivity contribution in [2.45, 2.75) is 13.8 Å². The largest absolute Gasteiger partial charge is 0.321 e. The number of nitrogens with one attached hydrogen (secondary N) is 1. The summed E-state index contributed by atoms with van der Waals surface area (Å²) in [5, 5.41) is 4.87. The SMILES string of the molecule is Cc1ccc2c(Cl)c(C(=O)Nc3ccc(C)c(Cl)c3)sc2c1. The molecule has 0 fully saturated rings. The van der Waals surface area contributed by atoms with Gasteiger partial charge in [-0.1, -0.05) is 41.4 Å². The average Bonchev–Trinajstić information content (AvgIpc) is 2.79. The number of carbonyl (C=O) groups excluding carboxylic acids is 1. The van der Waals surface area contributed by atoms with Gasteiger partial charge in [0.2, 0.25) is 0 Å². The molecule has 5 heteroatoms. The summed E-state index contributed by atoms with van der Waals surface area (Å²) in [4.78, 5) is 13.0. The number of hydrogen-bond donors (Lipinski definition) is 1. The van der Waals surface area contributed by atoms with E-state index in [9.17, 15) is 4.79 Å². The van der Waals surface area contributed by atoms with E-state index in [0.29, 0.717) is 20.6 Å². The Kier molecular flexibility index (Phi) is 4.13. The maximum atomic E-state index is 12.5. The fourth-order valence-electron chi connectivity index (χ4n) is 2.18. The van der Waals surface area contributed by atoms with Crippen LogP contribution in [0.1, 0.15) is 20.8 Å². The molecule has 2 aromatic carbocycles. The highest BCUT2D eigenvalue weighted by atomic mass is 35.5. The lowest BCUT2D eigenvalue weighted by Crippen LogP contribution is -2.10. The third-order valence-electron chi connectivity index (χ3n) is 3.42. The summed E-state index contributed by atoms with van der Waals surface area (Å²) in [6.45, 7) is 3.93. The summed E-state index contributed by atoms with van der Waals surface area (Å²) in [7, 11) is 0. The van der Waals surface area contributed by atoms with Gasteiger partial charge in [-0.15, -0.1) is 11.3 Å². The number of carbonyl (C=O) groups is 1. The molecule has 0 saturated carbocycles. The number of amides is 1. The van der Waals surface area contributed by atoms with Crippen LogP contribution in [0, 0.1) is 13.8 Å². The van der Waals surface area contributed by atoms with Crippen molar-refractivity contribution in [2.75, 3.05) is 5.32 Å². The number of rotatable bonds is 2.